The van der Waals surface area contributed by atoms with Crippen LogP contribution < -0.4 is 0 Å². The zero-order valence-electron chi connectivity index (χ0n) is 16.5. The second-order valence-corrected chi connectivity index (χ2v) is 7.85. The van der Waals surface area contributed by atoms with E-state index in [1.54, 1.807) is 12.2 Å². The second kappa shape index (κ2) is 8.58. The highest BCUT2D eigenvalue weighted by Crippen LogP contribution is 2.41. The molecule has 0 aromatic carbocycles. The molecule has 0 saturated heterocycles. The lowest BCUT2D eigenvalue weighted by Gasteiger charge is -2.27. The highest BCUT2D eigenvalue weighted by atomic mass is 16.3. The van der Waals surface area contributed by atoms with E-state index in [1.165, 1.54) is 0 Å². The first kappa shape index (κ1) is 22.0. The number of Topliss-reactive ketones (excluding diaryl/α,β-unsaturated/α-hetero) is 3. The molecule has 0 spiro atoms. The molecule has 1 rings (SSSR count). The molecule has 0 radical (unpaired) electrons. The lowest BCUT2D eigenvalue weighted by atomic mass is 9.81. The quantitative estimate of drug-likeness (QED) is 0.508. The average Bonchev–Trinajstić information content (AvgIpc) is 2.69. The van der Waals surface area contributed by atoms with E-state index in [1.807, 2.05) is 41.5 Å². The molecule has 0 bridgehead atoms. The molecule has 1 aliphatic rings. The van der Waals surface area contributed by atoms with Gasteiger partial charge in [0, 0.05) is 12.8 Å². The normalized spacial score (nSPS) is 22.6. The Hall–Kier alpha value is -2.01. The van der Waals surface area contributed by atoms with Crippen LogP contribution in [-0.2, 0) is 14.4 Å². The molecule has 0 aromatic rings. The number of carbonyl (C=O) groups excluding carboxylic acids is 3. The van der Waals surface area contributed by atoms with Crippen LogP contribution in [0, 0.1) is 11.8 Å². The van der Waals surface area contributed by atoms with Crippen LogP contribution in [0.5, 0.6) is 0 Å². The first-order chi connectivity index (χ1) is 11.9. The van der Waals surface area contributed by atoms with Gasteiger partial charge in [-0.1, -0.05) is 37.1 Å². The average molecular weight is 362 g/mol. The van der Waals surface area contributed by atoms with Gasteiger partial charge in [0.2, 0.25) is 0 Å². The minimum absolute atomic E-state index is 0.0121. The summed E-state index contributed by atoms with van der Waals surface area (Å²) in [6.45, 7) is 10.9. The smallest absolute Gasteiger partial charge is 0.191 e. The van der Waals surface area contributed by atoms with Crippen molar-refractivity contribution in [3.63, 3.8) is 0 Å². The van der Waals surface area contributed by atoms with Crippen molar-refractivity contribution in [3.05, 3.63) is 34.6 Å². The fraction of sp³-hybridized carbons (Fsp3) is 0.571. The lowest BCUT2D eigenvalue weighted by Crippen LogP contribution is -2.46. The van der Waals surface area contributed by atoms with Gasteiger partial charge in [-0.15, -0.1) is 0 Å². The van der Waals surface area contributed by atoms with E-state index in [9.17, 15) is 24.6 Å². The van der Waals surface area contributed by atoms with Crippen molar-refractivity contribution >= 4 is 17.3 Å². The summed E-state index contributed by atoms with van der Waals surface area (Å²) < 4.78 is 0. The molecule has 0 aliphatic heterocycles. The van der Waals surface area contributed by atoms with Crippen LogP contribution in [0.25, 0.3) is 0 Å². The number of hydrogen-bond acceptors (Lipinski definition) is 5. The van der Waals surface area contributed by atoms with Crippen LogP contribution in [-0.4, -0.2) is 33.2 Å². The van der Waals surface area contributed by atoms with Crippen molar-refractivity contribution in [2.24, 2.45) is 11.8 Å². The van der Waals surface area contributed by atoms with Crippen LogP contribution in [0.1, 0.15) is 60.8 Å². The maximum atomic E-state index is 12.8. The van der Waals surface area contributed by atoms with Gasteiger partial charge in [0.1, 0.15) is 11.3 Å². The van der Waals surface area contributed by atoms with Gasteiger partial charge in [-0.25, -0.2) is 0 Å². The molecule has 26 heavy (non-hydrogen) atoms. The van der Waals surface area contributed by atoms with Gasteiger partial charge < -0.3 is 10.2 Å². The number of rotatable bonds is 8. The zero-order chi connectivity index (χ0) is 20.2. The maximum absolute atomic E-state index is 12.8. The number of allylic oxidation sites excluding steroid dienone is 5. The van der Waals surface area contributed by atoms with Crippen molar-refractivity contribution in [2.45, 2.75) is 66.4 Å². The van der Waals surface area contributed by atoms with Crippen molar-refractivity contribution in [1.82, 2.24) is 0 Å². The number of carbonyl (C=O) groups is 3. The summed E-state index contributed by atoms with van der Waals surface area (Å²) in [6.07, 6.45) is 3.39. The van der Waals surface area contributed by atoms with Crippen LogP contribution in [0.15, 0.2) is 34.6 Å². The van der Waals surface area contributed by atoms with E-state index in [0.29, 0.717) is 0 Å². The molecule has 0 saturated carbocycles. The van der Waals surface area contributed by atoms with Crippen LogP contribution in [0.3, 0.4) is 0 Å². The van der Waals surface area contributed by atoms with Crippen molar-refractivity contribution in [2.75, 3.05) is 0 Å². The fourth-order valence-corrected chi connectivity index (χ4v) is 2.99. The molecule has 5 nitrogen and oxygen atoms in total. The van der Waals surface area contributed by atoms with Gasteiger partial charge >= 0.3 is 0 Å². The molecule has 0 fully saturated rings. The lowest BCUT2D eigenvalue weighted by molar-refractivity contribution is -0.144. The molecule has 0 heterocycles. The Kier molecular flexibility index (Phi) is 7.27. The molecule has 0 aromatic heterocycles. The highest BCUT2D eigenvalue weighted by molar-refractivity contribution is 6.26. The first-order valence-corrected chi connectivity index (χ1v) is 8.96. The van der Waals surface area contributed by atoms with Crippen LogP contribution in [0.4, 0.5) is 0 Å². The minimum Gasteiger partial charge on any atom is -0.508 e. The van der Waals surface area contributed by atoms with Crippen molar-refractivity contribution < 1.29 is 24.6 Å². The Morgan fingerprint density at radius 1 is 1.12 bits per heavy atom. The van der Waals surface area contributed by atoms with Crippen LogP contribution >= 0.6 is 0 Å². The molecule has 2 N–H and O–H groups in total. The van der Waals surface area contributed by atoms with E-state index in [0.717, 1.165) is 11.1 Å². The highest BCUT2D eigenvalue weighted by Gasteiger charge is 2.58. The van der Waals surface area contributed by atoms with E-state index < -0.39 is 40.2 Å². The molecule has 144 valence electrons. The molecule has 0 amide bonds. The van der Waals surface area contributed by atoms with Gasteiger partial charge in [0.25, 0.3) is 0 Å². The topological polar surface area (TPSA) is 91.7 Å². The molecule has 0 unspecified atom stereocenters. The predicted molar refractivity (Wildman–Crippen MR) is 101 cm³/mol. The molecular weight excluding hydrogens is 332 g/mol. The predicted octanol–water partition coefficient (Wildman–Crippen LogP) is 3.63. The monoisotopic (exact) mass is 362 g/mol. The van der Waals surface area contributed by atoms with Gasteiger partial charge in [-0.05, 0) is 40.0 Å². The third kappa shape index (κ3) is 4.58. The van der Waals surface area contributed by atoms with E-state index >= 15 is 0 Å². The number of aliphatic hydroxyl groups is 2. The number of aliphatic hydroxyl groups excluding tert-OH is 1. The Morgan fingerprint density at radius 3 is 2.12 bits per heavy atom. The summed E-state index contributed by atoms with van der Waals surface area (Å²) in [5.74, 6) is -3.84. The summed E-state index contributed by atoms with van der Waals surface area (Å²) >= 11 is 0. The third-order valence-corrected chi connectivity index (χ3v) is 4.42. The summed E-state index contributed by atoms with van der Waals surface area (Å²) in [7, 11) is 0. The summed E-state index contributed by atoms with van der Waals surface area (Å²) in [6, 6.07) is 0. The van der Waals surface area contributed by atoms with Crippen molar-refractivity contribution in [1.29, 1.82) is 0 Å². The second-order valence-electron chi connectivity index (χ2n) is 7.85. The maximum Gasteiger partial charge on any atom is 0.191 e. The summed E-state index contributed by atoms with van der Waals surface area (Å²) in [4.78, 5) is 38.0. The molecule has 2 atom stereocenters. The third-order valence-electron chi connectivity index (χ3n) is 4.42. The largest absolute Gasteiger partial charge is 0.508 e. The van der Waals surface area contributed by atoms with Crippen LogP contribution in [0.2, 0.25) is 0 Å². The standard InChI is InChI=1S/C21H30O5/c1-12(2)7-9-15-19(24)18(16(22)11-14(5)6)20(25)21(15,26)17(23)10-8-13(3)4/h7-8,14-15,25-26H,9-11H2,1-6H3/t15-,21+/m0/s1. The Bertz CT molecular complexity index is 685. The SMILES string of the molecule is CC(C)=CCC(=O)[C@@]1(O)C(O)=C(C(=O)CC(C)C)C(=O)[C@@H]1CC=C(C)C. The van der Waals surface area contributed by atoms with Gasteiger partial charge in [-0.2, -0.15) is 0 Å². The Labute approximate surface area is 155 Å². The minimum atomic E-state index is -2.35. The fourth-order valence-electron chi connectivity index (χ4n) is 2.99. The van der Waals surface area contributed by atoms with E-state index in [4.69, 9.17) is 0 Å². The molecule has 5 heteroatoms. The van der Waals surface area contributed by atoms with Gasteiger partial charge in [-0.3, -0.25) is 14.4 Å². The first-order valence-electron chi connectivity index (χ1n) is 8.96. The number of ketones is 3. The molecule has 1 aliphatic carbocycles. The summed E-state index contributed by atoms with van der Waals surface area (Å²) in [5.41, 5.74) is -0.972. The van der Waals surface area contributed by atoms with Gasteiger partial charge in [0.05, 0.1) is 5.92 Å². The van der Waals surface area contributed by atoms with Gasteiger partial charge in [0.15, 0.2) is 23.0 Å². The van der Waals surface area contributed by atoms with E-state index in [2.05, 4.69) is 0 Å². The Morgan fingerprint density at radius 2 is 1.65 bits per heavy atom. The van der Waals surface area contributed by atoms with E-state index in [-0.39, 0.29) is 25.2 Å². The molecular formula is C21H30O5. The Balaban J connectivity index is 3.41. The number of hydrogen-bond donors (Lipinski definition) is 2. The van der Waals surface area contributed by atoms with Crippen molar-refractivity contribution in [3.8, 4) is 0 Å². The summed E-state index contributed by atoms with van der Waals surface area (Å²) in [5, 5.41) is 21.6. The zero-order valence-corrected chi connectivity index (χ0v) is 16.5.